The molecule has 0 bridgehead atoms. The predicted molar refractivity (Wildman–Crippen MR) is 112 cm³/mol. The van der Waals surface area contributed by atoms with Gasteiger partial charge in [0, 0.05) is 16.5 Å². The Labute approximate surface area is 172 Å². The quantitative estimate of drug-likeness (QED) is 0.643. The first-order chi connectivity index (χ1) is 14.0. The van der Waals surface area contributed by atoms with Crippen LogP contribution in [0, 0.1) is 5.92 Å². The normalized spacial score (nSPS) is 17.9. The summed E-state index contributed by atoms with van der Waals surface area (Å²) < 4.78 is 5.14. The number of esters is 1. The van der Waals surface area contributed by atoms with E-state index in [1.807, 2.05) is 48.5 Å². The number of benzene rings is 2. The number of aliphatic imine (C=N–C) groups is 1. The van der Waals surface area contributed by atoms with Crippen molar-refractivity contribution in [3.63, 3.8) is 0 Å². The molecule has 0 saturated carbocycles. The Bertz CT molecular complexity index is 1120. The van der Waals surface area contributed by atoms with E-state index in [0.717, 1.165) is 5.56 Å². The third-order valence-electron chi connectivity index (χ3n) is 4.90. The third kappa shape index (κ3) is 3.30. The van der Waals surface area contributed by atoms with Crippen molar-refractivity contribution in [2.75, 3.05) is 18.6 Å². The van der Waals surface area contributed by atoms with E-state index in [1.165, 1.54) is 7.11 Å². The zero-order chi connectivity index (χ0) is 20.5. The number of methoxy groups -OCH3 is 1. The maximum Gasteiger partial charge on any atom is 0.315 e. The van der Waals surface area contributed by atoms with Crippen molar-refractivity contribution in [2.45, 2.75) is 5.92 Å². The molecule has 0 aliphatic carbocycles. The number of nitrogens with zero attached hydrogens (tertiary/aromatic N) is 3. The average Bonchev–Trinajstić information content (AvgIpc) is 2.72. The molecule has 3 aromatic rings. The first-order valence-corrected chi connectivity index (χ1v) is 9.28. The number of fused-ring (bicyclic) bond motifs is 1. The second kappa shape index (κ2) is 7.52. The lowest BCUT2D eigenvalue weighted by Gasteiger charge is -2.32. The topological polar surface area (TPSA) is 116 Å². The Balaban J connectivity index is 2.06. The third-order valence-corrected chi connectivity index (χ3v) is 5.25. The number of halogens is 1. The summed E-state index contributed by atoms with van der Waals surface area (Å²) in [5.74, 6) is -1.35. The number of rotatable bonds is 3. The van der Waals surface area contributed by atoms with Crippen molar-refractivity contribution >= 4 is 40.9 Å². The van der Waals surface area contributed by atoms with Crippen LogP contribution < -0.4 is 11.5 Å². The van der Waals surface area contributed by atoms with Gasteiger partial charge in [-0.1, -0.05) is 60.1 Å². The summed E-state index contributed by atoms with van der Waals surface area (Å²) in [4.78, 5) is 26.0. The van der Waals surface area contributed by atoms with Gasteiger partial charge in [-0.05, 0) is 17.2 Å². The lowest BCUT2D eigenvalue weighted by atomic mass is 9.75. The molecule has 1 aliphatic rings. The SMILES string of the molecule is COC(=O)C1C(c2ccccc2)=Nc2nc(N)nc(N)c2C1c1ccccc1Cl. The zero-order valence-corrected chi connectivity index (χ0v) is 16.3. The molecule has 0 radical (unpaired) electrons. The first kappa shape index (κ1) is 18.9. The van der Waals surface area contributed by atoms with Crippen LogP contribution in [0.15, 0.2) is 59.6 Å². The van der Waals surface area contributed by atoms with E-state index in [1.54, 1.807) is 6.07 Å². The molecule has 2 aromatic carbocycles. The molecule has 7 nitrogen and oxygen atoms in total. The molecular formula is C21H18ClN5O2. The molecule has 1 aliphatic heterocycles. The van der Waals surface area contributed by atoms with Crippen LogP contribution in [0.5, 0.6) is 0 Å². The van der Waals surface area contributed by atoms with Crippen LogP contribution in [0.3, 0.4) is 0 Å². The lowest BCUT2D eigenvalue weighted by Crippen LogP contribution is -2.35. The van der Waals surface area contributed by atoms with Gasteiger partial charge < -0.3 is 16.2 Å². The van der Waals surface area contributed by atoms with Crippen molar-refractivity contribution in [2.24, 2.45) is 10.9 Å². The van der Waals surface area contributed by atoms with Crippen molar-refractivity contribution in [1.29, 1.82) is 0 Å². The number of nitrogens with two attached hydrogens (primary N) is 2. The lowest BCUT2D eigenvalue weighted by molar-refractivity contribution is -0.143. The highest BCUT2D eigenvalue weighted by atomic mass is 35.5. The van der Waals surface area contributed by atoms with E-state index < -0.39 is 17.8 Å². The fourth-order valence-corrected chi connectivity index (χ4v) is 3.93. The van der Waals surface area contributed by atoms with Crippen LogP contribution in [0.1, 0.15) is 22.6 Å². The second-order valence-corrected chi connectivity index (χ2v) is 6.97. The number of ether oxygens (including phenoxy) is 1. The summed E-state index contributed by atoms with van der Waals surface area (Å²) in [6.07, 6.45) is 0. The minimum absolute atomic E-state index is 0.00633. The summed E-state index contributed by atoms with van der Waals surface area (Å²) in [5.41, 5.74) is 14.5. The number of hydrogen-bond acceptors (Lipinski definition) is 7. The zero-order valence-electron chi connectivity index (χ0n) is 15.5. The van der Waals surface area contributed by atoms with Gasteiger partial charge in [0.2, 0.25) is 5.95 Å². The number of aromatic nitrogens is 2. The van der Waals surface area contributed by atoms with Crippen molar-refractivity contribution in [3.8, 4) is 0 Å². The summed E-state index contributed by atoms with van der Waals surface area (Å²) in [6.45, 7) is 0. The Kier molecular flexibility index (Phi) is 4.90. The second-order valence-electron chi connectivity index (χ2n) is 6.57. The van der Waals surface area contributed by atoms with Crippen LogP contribution in [-0.4, -0.2) is 28.8 Å². The first-order valence-electron chi connectivity index (χ1n) is 8.90. The van der Waals surface area contributed by atoms with Gasteiger partial charge in [-0.2, -0.15) is 9.97 Å². The van der Waals surface area contributed by atoms with Gasteiger partial charge in [0.05, 0.1) is 12.8 Å². The summed E-state index contributed by atoms with van der Waals surface area (Å²) in [5, 5.41) is 0.489. The molecule has 2 heterocycles. The fourth-order valence-electron chi connectivity index (χ4n) is 3.67. The van der Waals surface area contributed by atoms with E-state index in [4.69, 9.17) is 27.8 Å². The largest absolute Gasteiger partial charge is 0.468 e. The number of nitrogen functional groups attached to an aromatic ring is 2. The molecule has 1 aromatic heterocycles. The van der Waals surface area contributed by atoms with Crippen LogP contribution in [0.2, 0.25) is 5.02 Å². The van der Waals surface area contributed by atoms with Crippen LogP contribution in [0.4, 0.5) is 17.6 Å². The monoisotopic (exact) mass is 407 g/mol. The molecule has 2 unspecified atom stereocenters. The van der Waals surface area contributed by atoms with E-state index >= 15 is 0 Å². The minimum atomic E-state index is -0.788. The van der Waals surface area contributed by atoms with Gasteiger partial charge >= 0.3 is 5.97 Å². The molecule has 0 spiro atoms. The molecule has 0 fully saturated rings. The molecular weight excluding hydrogens is 390 g/mol. The number of carbonyl (C=O) groups is 1. The maximum absolute atomic E-state index is 13.0. The summed E-state index contributed by atoms with van der Waals surface area (Å²) in [7, 11) is 1.34. The molecule has 8 heteroatoms. The average molecular weight is 408 g/mol. The number of carbonyl (C=O) groups excluding carboxylic acids is 1. The molecule has 4 rings (SSSR count). The van der Waals surface area contributed by atoms with E-state index in [0.29, 0.717) is 27.7 Å². The molecule has 4 N–H and O–H groups in total. The van der Waals surface area contributed by atoms with Crippen molar-refractivity contribution < 1.29 is 9.53 Å². The predicted octanol–water partition coefficient (Wildman–Crippen LogP) is 3.35. The molecule has 2 atom stereocenters. The van der Waals surface area contributed by atoms with E-state index in [2.05, 4.69) is 15.0 Å². The van der Waals surface area contributed by atoms with E-state index in [-0.39, 0.29) is 11.8 Å². The standard InChI is InChI=1S/C21H18ClN5O2/c1-29-20(28)15-14(12-9-5-6-10-13(12)22)16-18(23)26-21(24)27-19(16)25-17(15)11-7-3-2-4-8-11/h2-10,14-15H,1H3,(H4,23,24,26,27). The number of hydrogen-bond donors (Lipinski definition) is 2. The van der Waals surface area contributed by atoms with Gasteiger partial charge in [-0.3, -0.25) is 4.79 Å². The maximum atomic E-state index is 13.0. The summed E-state index contributed by atoms with van der Waals surface area (Å²) >= 11 is 6.52. The highest BCUT2D eigenvalue weighted by Crippen LogP contribution is 2.47. The van der Waals surface area contributed by atoms with E-state index in [9.17, 15) is 4.79 Å². The minimum Gasteiger partial charge on any atom is -0.468 e. The van der Waals surface area contributed by atoms with Gasteiger partial charge in [0.15, 0.2) is 5.82 Å². The molecule has 29 heavy (non-hydrogen) atoms. The Hall–Kier alpha value is -3.45. The van der Waals surface area contributed by atoms with Gasteiger partial charge in [0.25, 0.3) is 0 Å². The van der Waals surface area contributed by atoms with Gasteiger partial charge in [0.1, 0.15) is 11.7 Å². The molecule has 0 amide bonds. The summed E-state index contributed by atoms with van der Waals surface area (Å²) in [6, 6.07) is 16.6. The van der Waals surface area contributed by atoms with Crippen molar-refractivity contribution in [3.05, 3.63) is 76.3 Å². The van der Waals surface area contributed by atoms with Crippen LogP contribution >= 0.6 is 11.6 Å². The van der Waals surface area contributed by atoms with Gasteiger partial charge in [-0.15, -0.1) is 0 Å². The molecule has 146 valence electrons. The van der Waals surface area contributed by atoms with Gasteiger partial charge in [-0.25, -0.2) is 4.99 Å². The van der Waals surface area contributed by atoms with Crippen LogP contribution in [0.25, 0.3) is 0 Å². The fraction of sp³-hybridized carbons (Fsp3) is 0.143. The Morgan fingerprint density at radius 2 is 1.72 bits per heavy atom. The number of anilines is 2. The van der Waals surface area contributed by atoms with Crippen LogP contribution in [-0.2, 0) is 9.53 Å². The molecule has 0 saturated heterocycles. The highest BCUT2D eigenvalue weighted by Gasteiger charge is 2.43. The van der Waals surface area contributed by atoms with Crippen molar-refractivity contribution in [1.82, 2.24) is 9.97 Å². The smallest absolute Gasteiger partial charge is 0.315 e. The highest BCUT2D eigenvalue weighted by molar-refractivity contribution is 6.31. The Morgan fingerprint density at radius 3 is 2.41 bits per heavy atom. The Morgan fingerprint density at radius 1 is 1.03 bits per heavy atom.